The summed E-state index contributed by atoms with van der Waals surface area (Å²) in [5.74, 6) is 1.01. The molecule has 576 valence electrons. The van der Waals surface area contributed by atoms with E-state index in [1.165, 1.54) is 0 Å². The monoisotopic (exact) mass is 1660 g/mol. The van der Waals surface area contributed by atoms with Crippen LogP contribution in [0.1, 0.15) is 137 Å². The minimum atomic E-state index is -0.520. The summed E-state index contributed by atoms with van der Waals surface area (Å²) in [7, 11) is 0. The number of benzene rings is 8. The second kappa shape index (κ2) is 34.9. The van der Waals surface area contributed by atoms with Crippen molar-refractivity contribution in [1.29, 1.82) is 0 Å². The minimum Gasteiger partial charge on any atom is -0.488 e. The van der Waals surface area contributed by atoms with Crippen LogP contribution < -0.4 is 40.2 Å². The van der Waals surface area contributed by atoms with Crippen molar-refractivity contribution in [3.8, 4) is 23.0 Å². The van der Waals surface area contributed by atoms with Crippen LogP contribution in [0.25, 0.3) is 0 Å². The van der Waals surface area contributed by atoms with E-state index in [4.69, 9.17) is 112 Å². The predicted molar refractivity (Wildman–Crippen MR) is 430 cm³/mol. The second-order valence-electron chi connectivity index (χ2n) is 27.5. The molecule has 4 unspecified atom stereocenters. The zero-order valence-corrected chi connectivity index (χ0v) is 66.1. The van der Waals surface area contributed by atoms with E-state index >= 15 is 0 Å². The number of ether oxygens (including phenoxy) is 4. The van der Waals surface area contributed by atoms with Crippen LogP contribution in [0.5, 0.6) is 23.0 Å². The molecular formula is C84H72Cl8N8O12. The molecule has 0 saturated carbocycles. The number of rotatable bonds is 16. The molecule has 0 bridgehead atoms. The molecule has 28 heteroatoms. The van der Waals surface area contributed by atoms with Crippen molar-refractivity contribution in [1.82, 2.24) is 40.9 Å². The molecule has 4 saturated heterocycles. The van der Waals surface area contributed by atoms with E-state index in [0.717, 1.165) is 38.9 Å². The molecular weight excluding hydrogens is 1600 g/mol. The van der Waals surface area contributed by atoms with Crippen LogP contribution in [-0.4, -0.2) is 91.0 Å². The summed E-state index contributed by atoms with van der Waals surface area (Å²) < 4.78 is 23.8. The Morgan fingerprint density at radius 3 is 1.00 bits per heavy atom. The van der Waals surface area contributed by atoms with Gasteiger partial charge in [-0.25, -0.2) is 0 Å². The molecule has 0 aromatic heterocycles. The van der Waals surface area contributed by atoms with Gasteiger partial charge in [-0.2, -0.15) is 0 Å². The molecule has 4 N–H and O–H groups in total. The Labute approximate surface area is 686 Å². The zero-order valence-electron chi connectivity index (χ0n) is 60.0. The highest BCUT2D eigenvalue weighted by Gasteiger charge is 2.44. The summed E-state index contributed by atoms with van der Waals surface area (Å²) in [5, 5.41) is 14.9. The summed E-state index contributed by atoms with van der Waals surface area (Å²) in [6.45, 7) is 17.4. The fourth-order valence-corrected chi connectivity index (χ4v) is 16.2. The Kier molecular flexibility index (Phi) is 25.0. The van der Waals surface area contributed by atoms with E-state index in [-0.39, 0.29) is 67.1 Å². The Morgan fingerprint density at radius 2 is 0.634 bits per heavy atom. The lowest BCUT2D eigenvalue weighted by Gasteiger charge is -2.31. The van der Waals surface area contributed by atoms with Crippen molar-refractivity contribution >= 4 is 140 Å². The van der Waals surface area contributed by atoms with E-state index in [9.17, 15) is 38.4 Å². The standard InChI is InChI=1S/C21H17Cl3N2O3.2C21H18Cl2N2O3.C21H19ClN2O3/c1-11-5-6-18(20(27)25-11)26-9-14-13(21(26)28)3-2-4-19(14)29-10-15-16(23)7-12(22)8-17(15)24;1-12-8-9-17(20(26)24-12)25-10-15-14(21(25)27)5-3-7-18(15)28-11-13-4-2-6-16(22)19(13)23;1-12-5-8-18(20(26)24-12)25-10-16-15(21(25)27)3-2-4-19(16)28-11-13-9-14(22)6-7-17(13)23;1-13-9-10-18(20(25)23-13)24-11-16-15(21(24)26)6-4-8-19(16)27-12-14-5-2-3-7-17(14)22/h2-4,7-8,18H,1,5-6,9-10H2,(H,25,27);2-7,17H,1,8-11H2,(H,24,26);2-4,6-7,9,18H,1,5,8,10-11H2,(H,24,26);2-8,18H,1,9-12H2,(H,23,25). The van der Waals surface area contributed by atoms with Crippen LogP contribution in [0.3, 0.4) is 0 Å². The number of allylic oxidation sites excluding steroid dienone is 4. The average molecular weight is 1670 g/mol. The highest BCUT2D eigenvalue weighted by atomic mass is 35.5. The maximum atomic E-state index is 12.9. The van der Waals surface area contributed by atoms with Gasteiger partial charge in [0.2, 0.25) is 23.6 Å². The fraction of sp³-hybridized carbons (Fsp3) is 0.238. The predicted octanol–water partition coefficient (Wildman–Crippen LogP) is 17.3. The molecule has 8 aromatic carbocycles. The van der Waals surface area contributed by atoms with Crippen LogP contribution in [0.4, 0.5) is 0 Å². The van der Waals surface area contributed by atoms with Crippen molar-refractivity contribution in [2.75, 3.05) is 0 Å². The SMILES string of the molecule is C=C1CCC(N2Cc3c(OCc4c(Cl)cc(Cl)cc4Cl)cccc3C2=O)C(=O)N1.C=C1CCC(N2Cc3c(OCc4cc(Cl)ccc4Cl)cccc3C2=O)C(=O)N1.C=C1CCC(N2Cc3c(OCc4cccc(Cl)c4Cl)cccc3C2=O)C(=O)N1.C=C1CCC(N2Cc3c(OCc4ccccc4Cl)cccc3C2=O)C(=O)N1. The van der Waals surface area contributed by atoms with Crippen LogP contribution in [0.2, 0.25) is 40.2 Å². The van der Waals surface area contributed by atoms with Gasteiger partial charge in [0.25, 0.3) is 23.6 Å². The molecule has 8 aliphatic rings. The van der Waals surface area contributed by atoms with E-state index in [0.29, 0.717) is 198 Å². The smallest absolute Gasteiger partial charge is 0.255 e. The van der Waals surface area contributed by atoms with E-state index < -0.39 is 24.2 Å². The Bertz CT molecular complexity index is 5100. The van der Waals surface area contributed by atoms with Crippen molar-refractivity contribution in [2.45, 2.75) is 128 Å². The largest absolute Gasteiger partial charge is 0.488 e. The summed E-state index contributed by atoms with van der Waals surface area (Å²) in [5.41, 5.74) is 11.1. The third kappa shape index (κ3) is 17.6. The number of hydrogen-bond acceptors (Lipinski definition) is 12. The van der Waals surface area contributed by atoms with Gasteiger partial charge in [0, 0.05) is 110 Å². The molecule has 8 heterocycles. The molecule has 4 atom stereocenters. The first-order valence-corrected chi connectivity index (χ1v) is 38.7. The van der Waals surface area contributed by atoms with Gasteiger partial charge in [-0.15, -0.1) is 0 Å². The molecule has 20 nitrogen and oxygen atoms in total. The number of nitrogens with one attached hydrogen (secondary N) is 4. The normalized spacial score (nSPS) is 18.9. The molecule has 8 aromatic rings. The lowest BCUT2D eigenvalue weighted by molar-refractivity contribution is -0.127. The van der Waals surface area contributed by atoms with Crippen LogP contribution in [-0.2, 0) is 71.8 Å². The molecule has 16 rings (SSSR count). The van der Waals surface area contributed by atoms with Crippen LogP contribution in [0, 0.1) is 0 Å². The topological polar surface area (TPSA) is 235 Å². The Hall–Kier alpha value is -10.0. The summed E-state index contributed by atoms with van der Waals surface area (Å²) >= 11 is 49.1. The first kappa shape index (κ1) is 80.1. The highest BCUT2D eigenvalue weighted by molar-refractivity contribution is 6.42. The van der Waals surface area contributed by atoms with Crippen molar-refractivity contribution in [3.05, 3.63) is 302 Å². The van der Waals surface area contributed by atoms with Gasteiger partial charge in [0.05, 0.1) is 46.3 Å². The third-order valence-electron chi connectivity index (χ3n) is 20.2. The summed E-state index contributed by atoms with van der Waals surface area (Å²) in [6, 6.07) is 40.7. The quantitative estimate of drug-likeness (QED) is 0.0707. The number of nitrogens with zero attached hydrogens (tertiary/aromatic N) is 4. The lowest BCUT2D eigenvalue weighted by Crippen LogP contribution is -2.49. The number of carbonyl (C=O) groups is 8. The van der Waals surface area contributed by atoms with Gasteiger partial charge in [0.1, 0.15) is 73.6 Å². The number of piperidine rings is 4. The third-order valence-corrected chi connectivity index (χ3v) is 23.0. The van der Waals surface area contributed by atoms with Gasteiger partial charge >= 0.3 is 0 Å². The number of carbonyl (C=O) groups excluding carboxylic acids is 8. The summed E-state index contributed by atoms with van der Waals surface area (Å²) in [6.07, 6.45) is 4.91. The number of fused-ring (bicyclic) bond motifs is 4. The maximum absolute atomic E-state index is 12.9. The average Bonchev–Trinajstić information content (AvgIpc) is 1.64. The minimum absolute atomic E-state index is 0.128. The van der Waals surface area contributed by atoms with Gasteiger partial charge in [-0.1, -0.05) is 174 Å². The fourth-order valence-electron chi connectivity index (χ4n) is 14.3. The molecule has 0 radical (unpaired) electrons. The summed E-state index contributed by atoms with van der Waals surface area (Å²) in [4.78, 5) is 107. The number of amides is 8. The molecule has 8 amide bonds. The first-order chi connectivity index (χ1) is 53.8. The van der Waals surface area contributed by atoms with E-state index in [1.807, 2.05) is 54.6 Å². The number of hydrogen-bond donors (Lipinski definition) is 4. The van der Waals surface area contributed by atoms with Crippen LogP contribution in [0.15, 0.2) is 195 Å². The lowest BCUT2D eigenvalue weighted by atomic mass is 10.0. The van der Waals surface area contributed by atoms with E-state index in [2.05, 4.69) is 47.6 Å². The van der Waals surface area contributed by atoms with Crippen molar-refractivity contribution in [2.24, 2.45) is 0 Å². The van der Waals surface area contributed by atoms with Crippen molar-refractivity contribution in [3.63, 3.8) is 0 Å². The van der Waals surface area contributed by atoms with Gasteiger partial charge in [-0.05, 0) is 142 Å². The van der Waals surface area contributed by atoms with Crippen molar-refractivity contribution < 1.29 is 57.3 Å². The van der Waals surface area contributed by atoms with Gasteiger partial charge in [-0.3, -0.25) is 38.4 Å². The molecule has 0 aliphatic carbocycles. The first-order valence-electron chi connectivity index (χ1n) is 35.7. The number of halogens is 8. The van der Waals surface area contributed by atoms with Gasteiger partial charge in [0.15, 0.2) is 0 Å². The Balaban J connectivity index is 0.000000131. The zero-order chi connectivity index (χ0) is 79.3. The second-order valence-corrected chi connectivity index (χ2v) is 30.8. The van der Waals surface area contributed by atoms with Crippen LogP contribution >= 0.6 is 92.8 Å². The van der Waals surface area contributed by atoms with E-state index in [1.54, 1.807) is 111 Å². The molecule has 4 fully saturated rings. The molecule has 8 aliphatic heterocycles. The molecule has 0 spiro atoms. The Morgan fingerprint density at radius 1 is 0.321 bits per heavy atom. The van der Waals surface area contributed by atoms with Gasteiger partial charge < -0.3 is 59.8 Å². The highest BCUT2D eigenvalue weighted by Crippen LogP contribution is 2.41. The maximum Gasteiger partial charge on any atom is 0.255 e. The molecule has 112 heavy (non-hydrogen) atoms.